The summed E-state index contributed by atoms with van der Waals surface area (Å²) in [7, 11) is 0. The van der Waals surface area contributed by atoms with Crippen molar-refractivity contribution in [1.82, 2.24) is 10.2 Å². The van der Waals surface area contributed by atoms with E-state index in [9.17, 15) is 24.9 Å². The van der Waals surface area contributed by atoms with Crippen molar-refractivity contribution in [2.24, 2.45) is 0 Å². The van der Waals surface area contributed by atoms with E-state index in [1.54, 1.807) is 4.90 Å². The topological polar surface area (TPSA) is 119 Å². The molecule has 0 saturated carbocycles. The highest BCUT2D eigenvalue weighted by atomic mass is 16.6. The van der Waals surface area contributed by atoms with Crippen LogP contribution in [0.2, 0.25) is 0 Å². The third-order valence-corrected chi connectivity index (χ3v) is 3.74. The number of piperidine rings is 1. The van der Waals surface area contributed by atoms with Gasteiger partial charge in [0.1, 0.15) is 6.61 Å². The van der Waals surface area contributed by atoms with Gasteiger partial charge in [-0.2, -0.15) is 0 Å². The van der Waals surface area contributed by atoms with Crippen molar-refractivity contribution < 1.29 is 29.6 Å². The first-order valence-corrected chi connectivity index (χ1v) is 7.50. The van der Waals surface area contributed by atoms with E-state index in [4.69, 9.17) is 4.74 Å². The number of rotatable bonds is 4. The fraction of sp³-hybridized carbons (Fsp3) is 0.375. The van der Waals surface area contributed by atoms with E-state index in [0.717, 1.165) is 12.1 Å². The molecule has 2 amide bonds. The molecule has 1 aromatic rings. The molecule has 1 aromatic carbocycles. The maximum atomic E-state index is 12.2. The minimum atomic E-state index is -0.669. The molecule has 0 aromatic heterocycles. The molecule has 1 aliphatic heterocycles. The molecule has 0 spiro atoms. The number of hydrogen-bond donors (Lipinski definition) is 4. The van der Waals surface area contributed by atoms with Crippen LogP contribution in [0.3, 0.4) is 0 Å². The van der Waals surface area contributed by atoms with Gasteiger partial charge in [-0.1, -0.05) is 12.7 Å². The summed E-state index contributed by atoms with van der Waals surface area (Å²) in [5, 5.41) is 31.0. The number of hydrogen-bond acceptors (Lipinski definition) is 6. The van der Waals surface area contributed by atoms with Gasteiger partial charge in [-0.3, -0.25) is 4.79 Å². The van der Waals surface area contributed by atoms with Gasteiger partial charge in [-0.25, -0.2) is 4.79 Å². The van der Waals surface area contributed by atoms with Gasteiger partial charge in [0.15, 0.2) is 17.2 Å². The van der Waals surface area contributed by atoms with E-state index < -0.39 is 29.2 Å². The summed E-state index contributed by atoms with van der Waals surface area (Å²) in [5.41, 5.74) is 0.0376. The second-order valence-corrected chi connectivity index (χ2v) is 5.46. The highest BCUT2D eigenvalue weighted by Gasteiger charge is 2.25. The Morgan fingerprint density at radius 1 is 1.25 bits per heavy atom. The number of amides is 2. The second-order valence-electron chi connectivity index (χ2n) is 5.46. The van der Waals surface area contributed by atoms with Crippen LogP contribution in [0.15, 0.2) is 24.8 Å². The molecule has 1 fully saturated rings. The first-order chi connectivity index (χ1) is 11.4. The smallest absolute Gasteiger partial charge is 0.410 e. The monoisotopic (exact) mass is 336 g/mol. The molecule has 24 heavy (non-hydrogen) atoms. The van der Waals surface area contributed by atoms with Crippen LogP contribution in [0.4, 0.5) is 4.79 Å². The van der Waals surface area contributed by atoms with Gasteiger partial charge in [-0.05, 0) is 25.0 Å². The van der Waals surface area contributed by atoms with Crippen molar-refractivity contribution in [3.05, 3.63) is 30.4 Å². The zero-order valence-corrected chi connectivity index (χ0v) is 13.1. The Bertz CT molecular complexity index is 614. The molecule has 0 atom stereocenters. The largest absolute Gasteiger partial charge is 0.504 e. The number of likely N-dealkylation sites (tertiary alicyclic amines) is 1. The van der Waals surface area contributed by atoms with E-state index in [2.05, 4.69) is 11.9 Å². The summed E-state index contributed by atoms with van der Waals surface area (Å²) >= 11 is 0. The number of carbonyl (C=O) groups excluding carboxylic acids is 2. The quantitative estimate of drug-likeness (QED) is 0.486. The maximum Gasteiger partial charge on any atom is 0.410 e. The first-order valence-electron chi connectivity index (χ1n) is 7.50. The Morgan fingerprint density at radius 3 is 2.38 bits per heavy atom. The highest BCUT2D eigenvalue weighted by Crippen LogP contribution is 2.35. The minimum Gasteiger partial charge on any atom is -0.504 e. The summed E-state index contributed by atoms with van der Waals surface area (Å²) in [5.74, 6) is -2.29. The summed E-state index contributed by atoms with van der Waals surface area (Å²) in [6.07, 6.45) is 2.21. The average molecular weight is 336 g/mol. The van der Waals surface area contributed by atoms with E-state index in [0.29, 0.717) is 25.9 Å². The number of aromatic hydroxyl groups is 3. The SMILES string of the molecule is C=CCOC(=O)N1CCC(NC(=O)c2cc(O)c(O)c(O)c2)CC1. The molecule has 1 saturated heterocycles. The average Bonchev–Trinajstić information content (AvgIpc) is 2.57. The number of phenolic OH excluding ortho intramolecular Hbond substituents is 3. The molecule has 8 heteroatoms. The van der Waals surface area contributed by atoms with Gasteiger partial charge in [0.2, 0.25) is 0 Å². The van der Waals surface area contributed by atoms with E-state index in [1.165, 1.54) is 6.08 Å². The zero-order chi connectivity index (χ0) is 17.7. The number of nitrogens with zero attached hydrogens (tertiary/aromatic N) is 1. The van der Waals surface area contributed by atoms with Crippen molar-refractivity contribution in [2.45, 2.75) is 18.9 Å². The summed E-state index contributed by atoms with van der Waals surface area (Å²) in [4.78, 5) is 25.4. The van der Waals surface area contributed by atoms with Crippen LogP contribution in [-0.2, 0) is 4.74 Å². The van der Waals surface area contributed by atoms with Crippen LogP contribution in [0, 0.1) is 0 Å². The number of benzene rings is 1. The lowest BCUT2D eigenvalue weighted by Gasteiger charge is -2.31. The van der Waals surface area contributed by atoms with Crippen LogP contribution in [0.5, 0.6) is 17.2 Å². The van der Waals surface area contributed by atoms with Crippen LogP contribution in [-0.4, -0.2) is 58.0 Å². The number of ether oxygens (including phenoxy) is 1. The summed E-state index contributed by atoms with van der Waals surface area (Å²) in [6, 6.07) is 2.01. The van der Waals surface area contributed by atoms with Gasteiger partial charge in [0.05, 0.1) is 0 Å². The molecule has 0 bridgehead atoms. The molecule has 1 aliphatic rings. The Labute approximate surface area is 139 Å². The van der Waals surface area contributed by atoms with Gasteiger partial charge in [0.25, 0.3) is 5.91 Å². The van der Waals surface area contributed by atoms with Gasteiger partial charge >= 0.3 is 6.09 Å². The highest BCUT2D eigenvalue weighted by molar-refractivity contribution is 5.95. The van der Waals surface area contributed by atoms with Crippen molar-refractivity contribution >= 4 is 12.0 Å². The van der Waals surface area contributed by atoms with Crippen LogP contribution in [0.1, 0.15) is 23.2 Å². The molecule has 1 heterocycles. The van der Waals surface area contributed by atoms with E-state index in [1.807, 2.05) is 0 Å². The predicted molar refractivity (Wildman–Crippen MR) is 85.0 cm³/mol. The molecule has 2 rings (SSSR count). The summed E-state index contributed by atoms with van der Waals surface area (Å²) in [6.45, 7) is 4.53. The number of carbonyl (C=O) groups is 2. The molecular formula is C16H20N2O6. The first kappa shape index (κ1) is 17.5. The lowest BCUT2D eigenvalue weighted by Crippen LogP contribution is -2.46. The lowest BCUT2D eigenvalue weighted by molar-refractivity contribution is 0.0873. The Morgan fingerprint density at radius 2 is 1.83 bits per heavy atom. The summed E-state index contributed by atoms with van der Waals surface area (Å²) < 4.78 is 4.96. The maximum absolute atomic E-state index is 12.2. The molecule has 4 N–H and O–H groups in total. The lowest BCUT2D eigenvalue weighted by atomic mass is 10.0. The van der Waals surface area contributed by atoms with Gasteiger partial charge in [0, 0.05) is 24.7 Å². The van der Waals surface area contributed by atoms with Gasteiger partial charge in [-0.15, -0.1) is 0 Å². The molecule has 0 aliphatic carbocycles. The Hall–Kier alpha value is -2.90. The van der Waals surface area contributed by atoms with Crippen LogP contribution in [0.25, 0.3) is 0 Å². The standard InChI is InChI=1S/C16H20N2O6/c1-2-7-24-16(23)18-5-3-11(4-6-18)17-15(22)10-8-12(19)14(21)13(20)9-10/h2,8-9,11,19-21H,1,3-7H2,(H,17,22). The number of phenols is 3. The van der Waals surface area contributed by atoms with E-state index in [-0.39, 0.29) is 18.2 Å². The second kappa shape index (κ2) is 7.58. The van der Waals surface area contributed by atoms with Gasteiger partial charge < -0.3 is 30.3 Å². The Kier molecular flexibility index (Phi) is 5.51. The fourth-order valence-electron chi connectivity index (χ4n) is 2.43. The van der Waals surface area contributed by atoms with Crippen molar-refractivity contribution in [2.75, 3.05) is 19.7 Å². The van der Waals surface area contributed by atoms with Crippen LogP contribution < -0.4 is 5.32 Å². The number of nitrogens with one attached hydrogen (secondary N) is 1. The third-order valence-electron chi connectivity index (χ3n) is 3.74. The van der Waals surface area contributed by atoms with E-state index >= 15 is 0 Å². The molecule has 0 radical (unpaired) electrons. The predicted octanol–water partition coefficient (Wildman–Crippen LogP) is 1.32. The molecule has 0 unspecified atom stereocenters. The third kappa shape index (κ3) is 4.09. The van der Waals surface area contributed by atoms with Crippen molar-refractivity contribution in [1.29, 1.82) is 0 Å². The molecule has 130 valence electrons. The minimum absolute atomic E-state index is 0.0376. The van der Waals surface area contributed by atoms with Crippen molar-refractivity contribution in [3.8, 4) is 17.2 Å². The fourth-order valence-corrected chi connectivity index (χ4v) is 2.43. The molecule has 8 nitrogen and oxygen atoms in total. The Balaban J connectivity index is 1.88. The molecular weight excluding hydrogens is 316 g/mol. The normalized spacial score (nSPS) is 14.9. The van der Waals surface area contributed by atoms with Crippen LogP contribution >= 0.6 is 0 Å². The van der Waals surface area contributed by atoms with Crippen molar-refractivity contribution in [3.63, 3.8) is 0 Å². The zero-order valence-electron chi connectivity index (χ0n) is 13.1.